The molecule has 1 heterocycles. The lowest BCUT2D eigenvalue weighted by atomic mass is 10.2. The van der Waals surface area contributed by atoms with Gasteiger partial charge in [0, 0.05) is 6.20 Å². The maximum atomic E-state index is 8.47. The van der Waals surface area contributed by atoms with Gasteiger partial charge < -0.3 is 10.2 Å². The number of nitrogens with one attached hydrogen (secondary N) is 1. The number of H-pyrrole nitrogens is 1. The van der Waals surface area contributed by atoms with E-state index in [-0.39, 0.29) is 0 Å². The summed E-state index contributed by atoms with van der Waals surface area (Å²) in [6.07, 6.45) is 2.53. The molecule has 0 atom stereocenters. The Morgan fingerprint density at radius 3 is 3.00 bits per heavy atom. The molecule has 0 amide bonds. The molecule has 2 N–H and O–H groups in total. The van der Waals surface area contributed by atoms with E-state index in [2.05, 4.69) is 10.1 Å². The molecule has 1 rings (SSSR count). The van der Waals surface area contributed by atoms with Gasteiger partial charge in [-0.1, -0.05) is 12.1 Å². The first-order valence-corrected chi connectivity index (χ1v) is 3.23. The van der Waals surface area contributed by atoms with Crippen molar-refractivity contribution in [3.63, 3.8) is 0 Å². The molecule has 0 bridgehead atoms. The standard InChI is InChI=1S/C7H10N2O/c1-2-6(9-10)7-4-3-5-8-7/h3-5,8,10H,2H2,1H3/b9-6+. The molecule has 54 valence electrons. The molecule has 1 aromatic rings. The van der Waals surface area contributed by atoms with Crippen LogP contribution >= 0.6 is 0 Å². The van der Waals surface area contributed by atoms with Crippen LogP contribution in [0.2, 0.25) is 0 Å². The van der Waals surface area contributed by atoms with E-state index >= 15 is 0 Å². The van der Waals surface area contributed by atoms with Crippen LogP contribution in [0.3, 0.4) is 0 Å². The lowest BCUT2D eigenvalue weighted by molar-refractivity contribution is 0.318. The highest BCUT2D eigenvalue weighted by Crippen LogP contribution is 1.99. The van der Waals surface area contributed by atoms with Crippen LogP contribution in [0.15, 0.2) is 23.5 Å². The zero-order chi connectivity index (χ0) is 7.40. The van der Waals surface area contributed by atoms with Gasteiger partial charge in [-0.2, -0.15) is 0 Å². The highest BCUT2D eigenvalue weighted by molar-refractivity contribution is 5.98. The number of hydrogen-bond acceptors (Lipinski definition) is 2. The summed E-state index contributed by atoms with van der Waals surface area (Å²) in [5.41, 5.74) is 1.56. The van der Waals surface area contributed by atoms with Crippen LogP contribution in [0.25, 0.3) is 0 Å². The Hall–Kier alpha value is -1.25. The lowest BCUT2D eigenvalue weighted by Gasteiger charge is -1.94. The highest BCUT2D eigenvalue weighted by atomic mass is 16.4. The van der Waals surface area contributed by atoms with Crippen LogP contribution in [0.4, 0.5) is 0 Å². The topological polar surface area (TPSA) is 48.4 Å². The van der Waals surface area contributed by atoms with Gasteiger partial charge in [-0.3, -0.25) is 0 Å². The first-order valence-electron chi connectivity index (χ1n) is 3.23. The predicted molar refractivity (Wildman–Crippen MR) is 39.4 cm³/mol. The van der Waals surface area contributed by atoms with Crippen LogP contribution in [0, 0.1) is 0 Å². The van der Waals surface area contributed by atoms with E-state index in [4.69, 9.17) is 5.21 Å². The summed E-state index contributed by atoms with van der Waals surface area (Å²) in [4.78, 5) is 2.95. The fraction of sp³-hybridized carbons (Fsp3) is 0.286. The smallest absolute Gasteiger partial charge is 0.103 e. The average Bonchev–Trinajstić information content (AvgIpc) is 2.43. The number of aromatic amines is 1. The second-order valence-electron chi connectivity index (χ2n) is 1.98. The molecule has 3 heteroatoms. The van der Waals surface area contributed by atoms with Crippen LogP contribution in [0.5, 0.6) is 0 Å². The van der Waals surface area contributed by atoms with Gasteiger partial charge in [-0.25, -0.2) is 0 Å². The Labute approximate surface area is 59.4 Å². The molecule has 10 heavy (non-hydrogen) atoms. The molecule has 0 unspecified atom stereocenters. The van der Waals surface area contributed by atoms with Crippen molar-refractivity contribution in [1.29, 1.82) is 0 Å². The summed E-state index contributed by atoms with van der Waals surface area (Å²) in [6, 6.07) is 3.74. The number of oxime groups is 1. The summed E-state index contributed by atoms with van der Waals surface area (Å²) >= 11 is 0. The molecule has 1 aromatic heterocycles. The Morgan fingerprint density at radius 1 is 1.80 bits per heavy atom. The van der Waals surface area contributed by atoms with Crippen molar-refractivity contribution >= 4 is 5.71 Å². The molecule has 0 aliphatic carbocycles. The maximum absolute atomic E-state index is 8.47. The second kappa shape index (κ2) is 3.06. The van der Waals surface area contributed by atoms with Crippen molar-refractivity contribution in [2.45, 2.75) is 13.3 Å². The molecule has 0 spiro atoms. The largest absolute Gasteiger partial charge is 0.411 e. The molecule has 0 saturated carbocycles. The Kier molecular flexibility index (Phi) is 2.10. The third-order valence-corrected chi connectivity index (χ3v) is 1.36. The van der Waals surface area contributed by atoms with Crippen LogP contribution in [0.1, 0.15) is 19.0 Å². The summed E-state index contributed by atoms with van der Waals surface area (Å²) in [5.74, 6) is 0. The van der Waals surface area contributed by atoms with E-state index < -0.39 is 0 Å². The molecular weight excluding hydrogens is 128 g/mol. The molecule has 0 aromatic carbocycles. The van der Waals surface area contributed by atoms with E-state index in [1.165, 1.54) is 0 Å². The van der Waals surface area contributed by atoms with Crippen LogP contribution < -0.4 is 0 Å². The van der Waals surface area contributed by atoms with E-state index in [0.29, 0.717) is 5.71 Å². The average molecular weight is 138 g/mol. The predicted octanol–water partition coefficient (Wildman–Crippen LogP) is 1.60. The van der Waals surface area contributed by atoms with Gasteiger partial charge >= 0.3 is 0 Å². The van der Waals surface area contributed by atoms with Gasteiger partial charge in [0.1, 0.15) is 5.71 Å². The first-order chi connectivity index (χ1) is 4.88. The van der Waals surface area contributed by atoms with Gasteiger partial charge in [0.2, 0.25) is 0 Å². The van der Waals surface area contributed by atoms with Crippen LogP contribution in [-0.4, -0.2) is 15.9 Å². The van der Waals surface area contributed by atoms with Crippen molar-refractivity contribution < 1.29 is 5.21 Å². The van der Waals surface area contributed by atoms with Gasteiger partial charge in [0.05, 0.1) is 5.69 Å². The lowest BCUT2D eigenvalue weighted by Crippen LogP contribution is -1.98. The third-order valence-electron chi connectivity index (χ3n) is 1.36. The van der Waals surface area contributed by atoms with Crippen molar-refractivity contribution in [3.8, 4) is 0 Å². The normalized spacial score (nSPS) is 11.9. The highest BCUT2D eigenvalue weighted by Gasteiger charge is 1.99. The fourth-order valence-corrected chi connectivity index (χ4v) is 0.825. The molecule has 0 aliphatic heterocycles. The molecule has 0 aliphatic rings. The summed E-state index contributed by atoms with van der Waals surface area (Å²) in [6.45, 7) is 1.94. The Morgan fingerprint density at radius 2 is 2.60 bits per heavy atom. The van der Waals surface area contributed by atoms with Gasteiger partial charge in [-0.05, 0) is 18.6 Å². The SMILES string of the molecule is CC/C(=N\O)c1ccc[nH]1. The van der Waals surface area contributed by atoms with E-state index in [0.717, 1.165) is 12.1 Å². The molecule has 0 radical (unpaired) electrons. The number of aromatic nitrogens is 1. The number of nitrogens with zero attached hydrogens (tertiary/aromatic N) is 1. The Balaban J connectivity index is 2.85. The summed E-state index contributed by atoms with van der Waals surface area (Å²) in [5, 5.41) is 11.6. The molecule has 3 nitrogen and oxygen atoms in total. The zero-order valence-corrected chi connectivity index (χ0v) is 5.83. The number of rotatable bonds is 2. The minimum atomic E-state index is 0.685. The molecule has 0 fully saturated rings. The molecule has 0 saturated heterocycles. The monoisotopic (exact) mass is 138 g/mol. The van der Waals surface area contributed by atoms with Gasteiger partial charge in [-0.15, -0.1) is 0 Å². The molecular formula is C7H10N2O. The van der Waals surface area contributed by atoms with E-state index in [1.807, 2.05) is 19.1 Å². The second-order valence-corrected chi connectivity index (χ2v) is 1.98. The van der Waals surface area contributed by atoms with Crippen molar-refractivity contribution in [1.82, 2.24) is 4.98 Å². The fourth-order valence-electron chi connectivity index (χ4n) is 0.825. The van der Waals surface area contributed by atoms with E-state index in [9.17, 15) is 0 Å². The van der Waals surface area contributed by atoms with Crippen LogP contribution in [-0.2, 0) is 0 Å². The maximum Gasteiger partial charge on any atom is 0.103 e. The van der Waals surface area contributed by atoms with Gasteiger partial charge in [0.15, 0.2) is 0 Å². The summed E-state index contributed by atoms with van der Waals surface area (Å²) in [7, 11) is 0. The minimum Gasteiger partial charge on any atom is -0.411 e. The third kappa shape index (κ3) is 1.18. The van der Waals surface area contributed by atoms with E-state index in [1.54, 1.807) is 6.20 Å². The first kappa shape index (κ1) is 6.86. The minimum absolute atomic E-state index is 0.685. The van der Waals surface area contributed by atoms with Gasteiger partial charge in [0.25, 0.3) is 0 Å². The van der Waals surface area contributed by atoms with Crippen molar-refractivity contribution in [2.75, 3.05) is 0 Å². The zero-order valence-electron chi connectivity index (χ0n) is 5.83. The number of hydrogen-bond donors (Lipinski definition) is 2. The quantitative estimate of drug-likeness (QED) is 0.364. The van der Waals surface area contributed by atoms with Crippen molar-refractivity contribution in [2.24, 2.45) is 5.16 Å². The van der Waals surface area contributed by atoms with Crippen molar-refractivity contribution in [3.05, 3.63) is 24.0 Å². The summed E-state index contributed by atoms with van der Waals surface area (Å²) < 4.78 is 0. The Bertz CT molecular complexity index is 214.